The maximum Gasteiger partial charge on any atom is 0.332 e. The van der Waals surface area contributed by atoms with Gasteiger partial charge in [0.2, 0.25) is 0 Å². The molecule has 0 aliphatic heterocycles. The van der Waals surface area contributed by atoms with Crippen LogP contribution in [-0.4, -0.2) is 13.1 Å². The summed E-state index contributed by atoms with van der Waals surface area (Å²) in [7, 11) is 1.31. The van der Waals surface area contributed by atoms with Gasteiger partial charge in [-0.3, -0.25) is 0 Å². The molecule has 0 bridgehead atoms. The molecule has 0 saturated carbocycles. The lowest BCUT2D eigenvalue weighted by atomic mass is 10.1. The van der Waals surface area contributed by atoms with Crippen LogP contribution in [0.1, 0.15) is 17.2 Å². The number of carbonyl (C=O) groups is 1. The zero-order valence-corrected chi connectivity index (χ0v) is 13.3. The first-order chi connectivity index (χ1) is 10.0. The number of aryl methyl sites for hydroxylation is 1. The molecule has 1 atom stereocenters. The number of para-hydroxylation sites is 1. The fraction of sp³-hybridized carbons (Fsp3) is 0.188. The van der Waals surface area contributed by atoms with Gasteiger partial charge in [-0.25, -0.2) is 9.18 Å². The molecule has 3 nitrogen and oxygen atoms in total. The van der Waals surface area contributed by atoms with Gasteiger partial charge >= 0.3 is 5.97 Å². The van der Waals surface area contributed by atoms with Gasteiger partial charge in [0.25, 0.3) is 0 Å². The van der Waals surface area contributed by atoms with Crippen LogP contribution in [0.3, 0.4) is 0 Å². The lowest BCUT2D eigenvalue weighted by Gasteiger charge is -2.19. The van der Waals surface area contributed by atoms with Gasteiger partial charge in [-0.05, 0) is 52.2 Å². The van der Waals surface area contributed by atoms with Crippen molar-refractivity contribution in [2.75, 3.05) is 12.4 Å². The molecule has 2 aromatic carbocycles. The number of benzene rings is 2. The molecule has 0 aliphatic rings. The second kappa shape index (κ2) is 6.72. The van der Waals surface area contributed by atoms with Crippen LogP contribution >= 0.6 is 15.9 Å². The van der Waals surface area contributed by atoms with Crippen molar-refractivity contribution in [3.05, 3.63) is 63.9 Å². The summed E-state index contributed by atoms with van der Waals surface area (Å²) in [5.41, 5.74) is 2.30. The molecule has 0 aromatic heterocycles. The molecule has 0 saturated heterocycles. The summed E-state index contributed by atoms with van der Waals surface area (Å²) in [6.45, 7) is 1.93. The topological polar surface area (TPSA) is 38.3 Å². The van der Waals surface area contributed by atoms with E-state index >= 15 is 0 Å². The molecule has 21 heavy (non-hydrogen) atoms. The van der Waals surface area contributed by atoms with Crippen LogP contribution in [0.4, 0.5) is 10.1 Å². The normalized spacial score (nSPS) is 11.8. The maximum absolute atomic E-state index is 13.7. The Morgan fingerprint density at radius 2 is 2.00 bits per heavy atom. The summed E-state index contributed by atoms with van der Waals surface area (Å²) in [6.07, 6.45) is 0. The van der Waals surface area contributed by atoms with E-state index in [1.165, 1.54) is 13.2 Å². The van der Waals surface area contributed by atoms with Gasteiger partial charge in [0.15, 0.2) is 6.04 Å². The Balaban J connectivity index is 2.37. The molecule has 1 N–H and O–H groups in total. The van der Waals surface area contributed by atoms with Crippen LogP contribution in [0, 0.1) is 12.7 Å². The predicted molar refractivity (Wildman–Crippen MR) is 83.7 cm³/mol. The van der Waals surface area contributed by atoms with Crippen LogP contribution < -0.4 is 5.32 Å². The fourth-order valence-electron chi connectivity index (χ4n) is 1.98. The van der Waals surface area contributed by atoms with Gasteiger partial charge in [0.05, 0.1) is 11.6 Å². The van der Waals surface area contributed by atoms with Crippen molar-refractivity contribution in [3.63, 3.8) is 0 Å². The quantitative estimate of drug-likeness (QED) is 0.838. The van der Waals surface area contributed by atoms with Crippen LogP contribution in [-0.2, 0) is 9.53 Å². The van der Waals surface area contributed by atoms with E-state index in [0.717, 1.165) is 11.3 Å². The Morgan fingerprint density at radius 3 is 2.62 bits per heavy atom. The maximum atomic E-state index is 13.7. The standard InChI is InChI=1S/C16H15BrFNO2/c1-10-5-3-4-6-14(10)19-15(16(20)21-2)11-7-8-12(17)13(18)9-11/h3-9,15,19H,1-2H3. The summed E-state index contributed by atoms with van der Waals surface area (Å²) in [5.74, 6) is -0.895. The van der Waals surface area contributed by atoms with Crippen LogP contribution in [0.5, 0.6) is 0 Å². The number of hydrogen-bond acceptors (Lipinski definition) is 3. The van der Waals surface area contributed by atoms with E-state index in [1.807, 2.05) is 31.2 Å². The number of methoxy groups -OCH3 is 1. The Hall–Kier alpha value is -1.88. The van der Waals surface area contributed by atoms with Gasteiger partial charge in [-0.15, -0.1) is 0 Å². The number of ether oxygens (including phenoxy) is 1. The zero-order valence-electron chi connectivity index (χ0n) is 11.7. The van der Waals surface area contributed by atoms with Crippen molar-refractivity contribution < 1.29 is 13.9 Å². The van der Waals surface area contributed by atoms with Gasteiger partial charge in [0, 0.05) is 5.69 Å². The summed E-state index contributed by atoms with van der Waals surface area (Å²) >= 11 is 3.10. The molecule has 0 amide bonds. The van der Waals surface area contributed by atoms with Crippen LogP contribution in [0.2, 0.25) is 0 Å². The van der Waals surface area contributed by atoms with Gasteiger partial charge in [-0.2, -0.15) is 0 Å². The first kappa shape index (κ1) is 15.5. The summed E-state index contributed by atoms with van der Waals surface area (Å²) in [6, 6.07) is 11.4. The molecule has 0 fully saturated rings. The molecule has 2 aromatic rings. The van der Waals surface area contributed by atoms with Crippen molar-refractivity contribution in [1.29, 1.82) is 0 Å². The third kappa shape index (κ3) is 3.61. The number of halogens is 2. The highest BCUT2D eigenvalue weighted by Gasteiger charge is 2.22. The SMILES string of the molecule is COC(=O)C(Nc1ccccc1C)c1ccc(Br)c(F)c1. The number of carbonyl (C=O) groups excluding carboxylic acids is 1. The second-order valence-electron chi connectivity index (χ2n) is 4.59. The number of anilines is 1. The lowest BCUT2D eigenvalue weighted by Crippen LogP contribution is -2.22. The van der Waals surface area contributed by atoms with Crippen molar-refractivity contribution in [1.82, 2.24) is 0 Å². The Morgan fingerprint density at radius 1 is 1.29 bits per heavy atom. The highest BCUT2D eigenvalue weighted by molar-refractivity contribution is 9.10. The summed E-state index contributed by atoms with van der Waals surface area (Å²) in [4.78, 5) is 12.0. The molecular formula is C16H15BrFNO2. The third-order valence-corrected chi connectivity index (χ3v) is 3.80. The van der Waals surface area contributed by atoms with E-state index in [9.17, 15) is 9.18 Å². The minimum absolute atomic E-state index is 0.353. The van der Waals surface area contributed by atoms with Gasteiger partial charge in [-0.1, -0.05) is 24.3 Å². The van der Waals surface area contributed by atoms with E-state index in [2.05, 4.69) is 21.2 Å². The molecule has 0 radical (unpaired) electrons. The summed E-state index contributed by atoms with van der Waals surface area (Å²) < 4.78 is 18.9. The molecule has 0 heterocycles. The molecule has 1 unspecified atom stereocenters. The minimum Gasteiger partial charge on any atom is -0.467 e. The van der Waals surface area contributed by atoms with Crippen molar-refractivity contribution >= 4 is 27.6 Å². The Bertz CT molecular complexity index is 660. The first-order valence-electron chi connectivity index (χ1n) is 6.38. The van der Waals surface area contributed by atoms with Gasteiger partial charge in [0.1, 0.15) is 5.82 Å². The van der Waals surface area contributed by atoms with Crippen LogP contribution in [0.25, 0.3) is 0 Å². The number of rotatable bonds is 4. The second-order valence-corrected chi connectivity index (χ2v) is 5.44. The average molecular weight is 352 g/mol. The minimum atomic E-state index is -0.765. The molecule has 110 valence electrons. The number of nitrogens with one attached hydrogen (secondary N) is 1. The van der Waals surface area contributed by atoms with Crippen molar-refractivity contribution in [3.8, 4) is 0 Å². The zero-order chi connectivity index (χ0) is 15.4. The Kier molecular flexibility index (Phi) is 4.96. The fourth-order valence-corrected chi connectivity index (χ4v) is 2.23. The lowest BCUT2D eigenvalue weighted by molar-refractivity contribution is -0.141. The van der Waals surface area contributed by atoms with E-state index in [4.69, 9.17) is 4.74 Å². The summed E-state index contributed by atoms with van der Waals surface area (Å²) in [5, 5.41) is 3.10. The van der Waals surface area contributed by atoms with E-state index in [-0.39, 0.29) is 0 Å². The highest BCUT2D eigenvalue weighted by atomic mass is 79.9. The predicted octanol–water partition coefficient (Wildman–Crippen LogP) is 4.22. The Labute approximate surface area is 131 Å². The highest BCUT2D eigenvalue weighted by Crippen LogP contribution is 2.26. The van der Waals surface area contributed by atoms with Crippen molar-refractivity contribution in [2.45, 2.75) is 13.0 Å². The first-order valence-corrected chi connectivity index (χ1v) is 7.17. The van der Waals surface area contributed by atoms with E-state index < -0.39 is 17.8 Å². The third-order valence-electron chi connectivity index (χ3n) is 3.16. The molecular weight excluding hydrogens is 337 g/mol. The molecule has 5 heteroatoms. The molecule has 2 rings (SSSR count). The molecule has 0 aliphatic carbocycles. The monoisotopic (exact) mass is 351 g/mol. The number of hydrogen-bond donors (Lipinski definition) is 1. The van der Waals surface area contributed by atoms with E-state index in [0.29, 0.717) is 10.0 Å². The molecule has 0 spiro atoms. The van der Waals surface area contributed by atoms with E-state index in [1.54, 1.807) is 12.1 Å². The largest absolute Gasteiger partial charge is 0.467 e. The average Bonchev–Trinajstić information content (AvgIpc) is 2.48. The van der Waals surface area contributed by atoms with Gasteiger partial charge < -0.3 is 10.1 Å². The number of esters is 1. The smallest absolute Gasteiger partial charge is 0.332 e. The van der Waals surface area contributed by atoms with Crippen molar-refractivity contribution in [2.24, 2.45) is 0 Å². The van der Waals surface area contributed by atoms with Crippen LogP contribution in [0.15, 0.2) is 46.9 Å².